The molecule has 0 radical (unpaired) electrons. The predicted molar refractivity (Wildman–Crippen MR) is 198 cm³/mol. The van der Waals surface area contributed by atoms with Crippen molar-refractivity contribution in [2.24, 2.45) is 0 Å². The summed E-state index contributed by atoms with van der Waals surface area (Å²) in [6.07, 6.45) is 8.56. The fraction of sp³-hybridized carbons (Fsp3) is 0.256. The highest BCUT2D eigenvalue weighted by molar-refractivity contribution is 6.08. The number of aryl methyl sites for hydroxylation is 1. The summed E-state index contributed by atoms with van der Waals surface area (Å²) in [5.41, 5.74) is 4.64. The molecule has 6 nitrogen and oxygen atoms in total. The molecule has 0 aliphatic carbocycles. The minimum atomic E-state index is -0.487. The topological polar surface area (TPSA) is 71.1 Å². The maximum Gasteiger partial charge on any atom is 0.343 e. The zero-order chi connectivity index (χ0) is 34.6. The third-order valence-corrected chi connectivity index (χ3v) is 8.56. The van der Waals surface area contributed by atoms with E-state index in [1.54, 1.807) is 25.3 Å². The van der Waals surface area contributed by atoms with Crippen LogP contribution in [0.3, 0.4) is 0 Å². The van der Waals surface area contributed by atoms with Crippen LogP contribution in [0.15, 0.2) is 110 Å². The van der Waals surface area contributed by atoms with Crippen LogP contribution in [-0.2, 0) is 22.4 Å². The Morgan fingerprint density at radius 2 is 1.37 bits per heavy atom. The van der Waals surface area contributed by atoms with Crippen molar-refractivity contribution in [3.63, 3.8) is 0 Å². The lowest BCUT2D eigenvalue weighted by atomic mass is 9.95. The molecule has 0 N–H and O–H groups in total. The SMILES string of the molecule is C=CC(=O)Oc1ccc2c(ccc3cc(C(=C)Cc4ccc(OC(=O)c5ccc(CCCCCCCOC)cc5)cc4OCC)ccc32)c1. The second-order valence-corrected chi connectivity index (χ2v) is 12.1. The Morgan fingerprint density at radius 3 is 2.10 bits per heavy atom. The summed E-state index contributed by atoms with van der Waals surface area (Å²) in [4.78, 5) is 24.6. The van der Waals surface area contributed by atoms with Gasteiger partial charge in [0.15, 0.2) is 0 Å². The van der Waals surface area contributed by atoms with Crippen molar-refractivity contribution >= 4 is 39.1 Å². The molecule has 5 rings (SSSR count). The first-order valence-electron chi connectivity index (χ1n) is 16.9. The van der Waals surface area contributed by atoms with Crippen LogP contribution in [0, 0.1) is 0 Å². The molecule has 252 valence electrons. The molecule has 5 aromatic rings. The van der Waals surface area contributed by atoms with E-state index in [-0.39, 0.29) is 0 Å². The van der Waals surface area contributed by atoms with Crippen molar-refractivity contribution in [3.8, 4) is 17.2 Å². The number of hydrogen-bond acceptors (Lipinski definition) is 6. The van der Waals surface area contributed by atoms with Crippen molar-refractivity contribution in [1.82, 2.24) is 0 Å². The van der Waals surface area contributed by atoms with E-state index in [0.717, 1.165) is 70.2 Å². The van der Waals surface area contributed by atoms with Gasteiger partial charge in [-0.15, -0.1) is 0 Å². The highest BCUT2D eigenvalue weighted by Gasteiger charge is 2.14. The molecule has 0 fully saturated rings. The Kier molecular flexibility index (Phi) is 12.4. The van der Waals surface area contributed by atoms with Gasteiger partial charge in [-0.1, -0.05) is 81.0 Å². The number of allylic oxidation sites excluding steroid dienone is 1. The van der Waals surface area contributed by atoms with E-state index in [1.165, 1.54) is 24.8 Å². The first kappa shape index (κ1) is 35.1. The third kappa shape index (κ3) is 9.46. The number of methoxy groups -OCH3 is 1. The molecule has 0 aliphatic rings. The number of benzene rings is 5. The summed E-state index contributed by atoms with van der Waals surface area (Å²) < 4.78 is 22.1. The van der Waals surface area contributed by atoms with E-state index in [2.05, 4.69) is 37.4 Å². The fourth-order valence-electron chi connectivity index (χ4n) is 5.94. The number of unbranched alkanes of at least 4 members (excludes halogenated alkanes) is 4. The predicted octanol–water partition coefficient (Wildman–Crippen LogP) is 10.1. The smallest absolute Gasteiger partial charge is 0.343 e. The number of esters is 2. The summed E-state index contributed by atoms with van der Waals surface area (Å²) >= 11 is 0. The molecule has 0 aliphatic heterocycles. The van der Waals surface area contributed by atoms with Gasteiger partial charge in [0, 0.05) is 32.3 Å². The van der Waals surface area contributed by atoms with E-state index < -0.39 is 11.9 Å². The molecular weight excluding hydrogens is 612 g/mol. The molecular formula is C43H44O6. The zero-order valence-corrected chi connectivity index (χ0v) is 28.5. The van der Waals surface area contributed by atoms with Crippen molar-refractivity contribution < 1.29 is 28.5 Å². The van der Waals surface area contributed by atoms with Gasteiger partial charge in [0.2, 0.25) is 0 Å². The zero-order valence-electron chi connectivity index (χ0n) is 28.5. The standard InChI is InChI=1S/C43H44O6/c1-5-42(44)48-37-22-24-40-35(28-37)18-17-34-27-33(20-23-39(34)40)30(3)26-36-19-21-38(29-41(36)47-6-2)49-43(45)32-15-13-31(14-16-32)12-10-8-7-9-11-25-46-4/h5,13-24,27-29H,1,3,6-12,25-26H2,2,4H3. The maximum absolute atomic E-state index is 13.0. The number of ether oxygens (including phenoxy) is 4. The van der Waals surface area contributed by atoms with Gasteiger partial charge in [0.25, 0.3) is 0 Å². The van der Waals surface area contributed by atoms with Crippen molar-refractivity contribution in [2.45, 2.75) is 51.9 Å². The van der Waals surface area contributed by atoms with Gasteiger partial charge in [-0.25, -0.2) is 9.59 Å². The van der Waals surface area contributed by atoms with Crippen LogP contribution in [-0.4, -0.2) is 32.3 Å². The minimum Gasteiger partial charge on any atom is -0.493 e. The van der Waals surface area contributed by atoms with Gasteiger partial charge >= 0.3 is 11.9 Å². The molecule has 0 spiro atoms. The summed E-state index contributed by atoms with van der Waals surface area (Å²) in [5.74, 6) is 0.681. The molecule has 0 heterocycles. The number of hydrogen-bond donors (Lipinski definition) is 0. The summed E-state index contributed by atoms with van der Waals surface area (Å²) in [7, 11) is 1.74. The monoisotopic (exact) mass is 656 g/mol. The van der Waals surface area contributed by atoms with Gasteiger partial charge in [-0.05, 0) is 106 Å². The highest BCUT2D eigenvalue weighted by Crippen LogP contribution is 2.33. The van der Waals surface area contributed by atoms with Crippen molar-refractivity contribution in [2.75, 3.05) is 20.3 Å². The molecule has 0 amide bonds. The van der Waals surface area contributed by atoms with Crippen LogP contribution in [0.2, 0.25) is 0 Å². The lowest BCUT2D eigenvalue weighted by Gasteiger charge is -2.15. The number of carbonyl (C=O) groups is 2. The Morgan fingerprint density at radius 1 is 0.714 bits per heavy atom. The molecule has 0 saturated carbocycles. The Balaban J connectivity index is 1.21. The third-order valence-electron chi connectivity index (χ3n) is 8.56. The number of rotatable bonds is 17. The van der Waals surface area contributed by atoms with Crippen molar-refractivity contribution in [3.05, 3.63) is 132 Å². The fourth-order valence-corrected chi connectivity index (χ4v) is 5.94. The molecule has 0 unspecified atom stereocenters. The molecule has 0 saturated heterocycles. The van der Waals surface area contributed by atoms with Crippen LogP contribution in [0.4, 0.5) is 0 Å². The Bertz CT molecular complexity index is 1940. The highest BCUT2D eigenvalue weighted by atomic mass is 16.5. The Hall–Kier alpha value is -5.20. The van der Waals surface area contributed by atoms with E-state index in [9.17, 15) is 9.59 Å². The van der Waals surface area contributed by atoms with Crippen LogP contribution >= 0.6 is 0 Å². The average molecular weight is 657 g/mol. The molecule has 0 atom stereocenters. The quantitative estimate of drug-likeness (QED) is 0.0326. The van der Waals surface area contributed by atoms with E-state index in [1.807, 2.05) is 55.5 Å². The summed E-state index contributed by atoms with van der Waals surface area (Å²) in [5, 5.41) is 4.21. The molecule has 0 bridgehead atoms. The van der Waals surface area contributed by atoms with Gasteiger partial charge < -0.3 is 18.9 Å². The van der Waals surface area contributed by atoms with Gasteiger partial charge in [-0.2, -0.15) is 0 Å². The molecule has 0 aromatic heterocycles. The van der Waals surface area contributed by atoms with Crippen LogP contribution in [0.5, 0.6) is 17.2 Å². The lowest BCUT2D eigenvalue weighted by Crippen LogP contribution is -2.09. The van der Waals surface area contributed by atoms with Crippen LogP contribution in [0.1, 0.15) is 66.1 Å². The summed E-state index contributed by atoms with van der Waals surface area (Å²) in [6.45, 7) is 11.1. The van der Waals surface area contributed by atoms with Crippen molar-refractivity contribution in [1.29, 1.82) is 0 Å². The van der Waals surface area contributed by atoms with Gasteiger partial charge in [-0.3, -0.25) is 0 Å². The van der Waals surface area contributed by atoms with E-state index >= 15 is 0 Å². The largest absolute Gasteiger partial charge is 0.493 e. The van der Waals surface area contributed by atoms with Gasteiger partial charge in [0.05, 0.1) is 12.2 Å². The lowest BCUT2D eigenvalue weighted by molar-refractivity contribution is -0.128. The number of fused-ring (bicyclic) bond motifs is 3. The maximum atomic E-state index is 13.0. The van der Waals surface area contributed by atoms with E-state index in [4.69, 9.17) is 18.9 Å². The average Bonchev–Trinajstić information content (AvgIpc) is 3.12. The first-order chi connectivity index (χ1) is 23.9. The van der Waals surface area contributed by atoms with Crippen LogP contribution in [0.25, 0.3) is 27.1 Å². The minimum absolute atomic E-state index is 0.401. The van der Waals surface area contributed by atoms with E-state index in [0.29, 0.717) is 35.8 Å². The second-order valence-electron chi connectivity index (χ2n) is 12.1. The first-order valence-corrected chi connectivity index (χ1v) is 16.9. The molecule has 49 heavy (non-hydrogen) atoms. The molecule has 6 heteroatoms. The van der Waals surface area contributed by atoms with Crippen LogP contribution < -0.4 is 14.2 Å². The summed E-state index contributed by atoms with van der Waals surface area (Å²) in [6, 6.07) is 29.2. The Labute approximate surface area is 289 Å². The normalized spacial score (nSPS) is 11.0. The van der Waals surface area contributed by atoms with Gasteiger partial charge in [0.1, 0.15) is 17.2 Å². The molecule has 5 aromatic carbocycles. The number of carbonyl (C=O) groups excluding carboxylic acids is 2. The second kappa shape index (κ2) is 17.3.